The third-order valence-corrected chi connectivity index (χ3v) is 4.02. The van der Waals surface area contributed by atoms with Gasteiger partial charge in [0.2, 0.25) is 0 Å². The topological polar surface area (TPSA) is 44.1 Å². The summed E-state index contributed by atoms with van der Waals surface area (Å²) in [5, 5.41) is 0.269. The summed E-state index contributed by atoms with van der Waals surface area (Å²) >= 11 is 9.28. The average molecular weight is 370 g/mol. The zero-order valence-electron chi connectivity index (χ0n) is 11.3. The van der Waals surface area contributed by atoms with E-state index in [0.29, 0.717) is 19.1 Å². The molecule has 0 bridgehead atoms. The lowest BCUT2D eigenvalue weighted by atomic mass is 10.3. The van der Waals surface area contributed by atoms with Crippen molar-refractivity contribution in [2.24, 2.45) is 0 Å². The highest BCUT2D eigenvalue weighted by molar-refractivity contribution is 9.10. The maximum absolute atomic E-state index is 12.1. The first-order valence-electron chi connectivity index (χ1n) is 6.79. The molecule has 3 rings (SSSR count). The van der Waals surface area contributed by atoms with Gasteiger partial charge in [0.25, 0.3) is 5.56 Å². The fraction of sp³-hybridized carbons (Fsp3) is 0.333. The Bertz CT molecular complexity index is 713. The van der Waals surface area contributed by atoms with Crippen LogP contribution in [0, 0.1) is 0 Å². The highest BCUT2D eigenvalue weighted by atomic mass is 79.9. The van der Waals surface area contributed by atoms with Gasteiger partial charge in [0.15, 0.2) is 0 Å². The van der Waals surface area contributed by atoms with E-state index in [9.17, 15) is 4.79 Å². The Hall–Kier alpha value is -1.33. The molecule has 0 saturated heterocycles. The molecule has 1 saturated carbocycles. The number of aromatic nitrogens is 2. The monoisotopic (exact) mass is 368 g/mol. The number of nitrogens with zero attached hydrogens (tertiary/aromatic N) is 2. The molecule has 21 heavy (non-hydrogen) atoms. The van der Waals surface area contributed by atoms with Crippen LogP contribution in [0.2, 0.25) is 5.15 Å². The number of hydrogen-bond donors (Lipinski definition) is 0. The Morgan fingerprint density at radius 1 is 1.38 bits per heavy atom. The Labute approximate surface area is 135 Å². The van der Waals surface area contributed by atoms with Gasteiger partial charge in [-0.2, -0.15) is 0 Å². The minimum absolute atomic E-state index is 0.116. The van der Waals surface area contributed by atoms with Crippen molar-refractivity contribution in [3.8, 4) is 5.75 Å². The zero-order valence-corrected chi connectivity index (χ0v) is 13.6. The summed E-state index contributed by atoms with van der Waals surface area (Å²) in [4.78, 5) is 16.4. The van der Waals surface area contributed by atoms with Crippen LogP contribution in [0.1, 0.15) is 24.6 Å². The quantitative estimate of drug-likeness (QED) is 0.756. The maximum atomic E-state index is 12.1. The average Bonchev–Trinajstić information content (AvgIpc) is 3.25. The second kappa shape index (κ2) is 6.20. The van der Waals surface area contributed by atoms with E-state index >= 15 is 0 Å². The molecule has 0 radical (unpaired) electrons. The van der Waals surface area contributed by atoms with Crippen molar-refractivity contribution >= 4 is 27.5 Å². The van der Waals surface area contributed by atoms with Crippen LogP contribution in [0.3, 0.4) is 0 Å². The Morgan fingerprint density at radius 2 is 2.19 bits per heavy atom. The molecule has 1 heterocycles. The minimum Gasteiger partial charge on any atom is -0.492 e. The first kappa shape index (κ1) is 14.6. The van der Waals surface area contributed by atoms with Gasteiger partial charge in [0.1, 0.15) is 23.3 Å². The van der Waals surface area contributed by atoms with Crippen LogP contribution in [0.25, 0.3) is 0 Å². The van der Waals surface area contributed by atoms with E-state index in [1.54, 1.807) is 4.57 Å². The van der Waals surface area contributed by atoms with Crippen molar-refractivity contribution in [3.05, 3.63) is 56.1 Å². The van der Waals surface area contributed by atoms with E-state index < -0.39 is 0 Å². The second-order valence-corrected chi connectivity index (χ2v) is 6.31. The standard InChI is InChI=1S/C15H14BrClN2O2/c16-11-2-1-3-12(8-11)21-7-6-19-14(20)9-13(17)18-15(19)10-4-5-10/h1-3,8-10H,4-7H2. The molecule has 0 N–H and O–H groups in total. The number of benzene rings is 1. The van der Waals surface area contributed by atoms with Crippen LogP contribution in [-0.4, -0.2) is 16.2 Å². The van der Waals surface area contributed by atoms with Crippen LogP contribution < -0.4 is 10.3 Å². The van der Waals surface area contributed by atoms with E-state index in [2.05, 4.69) is 20.9 Å². The van der Waals surface area contributed by atoms with Crippen molar-refractivity contribution in [2.75, 3.05) is 6.61 Å². The maximum Gasteiger partial charge on any atom is 0.255 e. The summed E-state index contributed by atoms with van der Waals surface area (Å²) in [5.41, 5.74) is -0.116. The highest BCUT2D eigenvalue weighted by Gasteiger charge is 2.28. The van der Waals surface area contributed by atoms with E-state index in [0.717, 1.165) is 28.9 Å². The van der Waals surface area contributed by atoms with Crippen LogP contribution in [0.15, 0.2) is 39.6 Å². The Balaban J connectivity index is 1.72. The van der Waals surface area contributed by atoms with Gasteiger partial charge >= 0.3 is 0 Å². The summed E-state index contributed by atoms with van der Waals surface area (Å²) in [6.45, 7) is 0.890. The molecular weight excluding hydrogens is 356 g/mol. The molecule has 110 valence electrons. The van der Waals surface area contributed by atoms with Gasteiger partial charge in [0.05, 0.1) is 6.54 Å². The van der Waals surface area contributed by atoms with Gasteiger partial charge in [-0.3, -0.25) is 9.36 Å². The highest BCUT2D eigenvalue weighted by Crippen LogP contribution is 2.38. The molecular formula is C15H14BrClN2O2. The summed E-state index contributed by atoms with van der Waals surface area (Å²) in [5.74, 6) is 1.92. The van der Waals surface area contributed by atoms with Gasteiger partial charge in [-0.25, -0.2) is 4.98 Å². The molecule has 6 heteroatoms. The predicted molar refractivity (Wildman–Crippen MR) is 85.1 cm³/mol. The normalized spacial score (nSPS) is 14.2. The van der Waals surface area contributed by atoms with Crippen molar-refractivity contribution in [3.63, 3.8) is 0 Å². The minimum atomic E-state index is -0.116. The van der Waals surface area contributed by atoms with Gasteiger partial charge < -0.3 is 4.74 Å². The van der Waals surface area contributed by atoms with E-state index in [1.807, 2.05) is 24.3 Å². The number of hydrogen-bond acceptors (Lipinski definition) is 3. The van der Waals surface area contributed by atoms with Crippen LogP contribution in [0.4, 0.5) is 0 Å². The lowest BCUT2D eigenvalue weighted by molar-refractivity contribution is 0.293. The van der Waals surface area contributed by atoms with Crippen molar-refractivity contribution < 1.29 is 4.74 Å². The summed E-state index contributed by atoms with van der Waals surface area (Å²) in [6.07, 6.45) is 2.14. The van der Waals surface area contributed by atoms with Crippen molar-refractivity contribution in [2.45, 2.75) is 25.3 Å². The molecule has 0 atom stereocenters. The number of ether oxygens (including phenoxy) is 1. The molecule has 1 aromatic heterocycles. The van der Waals surface area contributed by atoms with E-state index in [4.69, 9.17) is 16.3 Å². The van der Waals surface area contributed by atoms with Crippen LogP contribution >= 0.6 is 27.5 Å². The van der Waals surface area contributed by atoms with E-state index in [-0.39, 0.29) is 10.7 Å². The van der Waals surface area contributed by atoms with Crippen LogP contribution in [0.5, 0.6) is 5.75 Å². The lowest BCUT2D eigenvalue weighted by Crippen LogP contribution is -2.26. The Kier molecular flexibility index (Phi) is 4.31. The molecule has 1 aliphatic carbocycles. The molecule has 1 aliphatic rings. The molecule has 4 nitrogen and oxygen atoms in total. The molecule has 0 aliphatic heterocycles. The number of halogens is 2. The Morgan fingerprint density at radius 3 is 2.90 bits per heavy atom. The predicted octanol–water partition coefficient (Wildman–Crippen LogP) is 3.62. The first-order valence-corrected chi connectivity index (χ1v) is 7.96. The smallest absolute Gasteiger partial charge is 0.255 e. The van der Waals surface area contributed by atoms with Gasteiger partial charge in [-0.15, -0.1) is 0 Å². The largest absolute Gasteiger partial charge is 0.492 e. The second-order valence-electron chi connectivity index (χ2n) is 5.01. The van der Waals surface area contributed by atoms with Crippen LogP contribution in [-0.2, 0) is 6.54 Å². The fourth-order valence-corrected chi connectivity index (χ4v) is 2.74. The SMILES string of the molecule is O=c1cc(Cl)nc(C2CC2)n1CCOc1cccc(Br)c1. The van der Waals surface area contributed by atoms with Crippen molar-refractivity contribution in [1.29, 1.82) is 0 Å². The molecule has 1 aromatic carbocycles. The molecule has 1 fully saturated rings. The summed E-state index contributed by atoms with van der Waals surface area (Å²) in [6, 6.07) is 8.98. The van der Waals surface area contributed by atoms with E-state index in [1.165, 1.54) is 6.07 Å². The van der Waals surface area contributed by atoms with Gasteiger partial charge in [-0.1, -0.05) is 33.6 Å². The number of rotatable bonds is 5. The molecule has 0 amide bonds. The first-order chi connectivity index (χ1) is 10.1. The summed E-state index contributed by atoms with van der Waals surface area (Å²) in [7, 11) is 0. The third-order valence-electron chi connectivity index (χ3n) is 3.33. The van der Waals surface area contributed by atoms with Crippen molar-refractivity contribution in [1.82, 2.24) is 9.55 Å². The lowest BCUT2D eigenvalue weighted by Gasteiger charge is -2.12. The fourth-order valence-electron chi connectivity index (χ4n) is 2.18. The third kappa shape index (κ3) is 3.66. The van der Waals surface area contributed by atoms with Gasteiger partial charge in [0, 0.05) is 16.5 Å². The zero-order chi connectivity index (χ0) is 14.8. The molecule has 0 spiro atoms. The van der Waals surface area contributed by atoms with Gasteiger partial charge in [-0.05, 0) is 31.0 Å². The molecule has 0 unspecified atom stereocenters. The molecule has 2 aromatic rings. The summed E-state index contributed by atoms with van der Waals surface area (Å²) < 4.78 is 8.31.